The van der Waals surface area contributed by atoms with E-state index in [1.54, 1.807) is 13.8 Å². The van der Waals surface area contributed by atoms with E-state index in [0.29, 0.717) is 8.87 Å². The number of hydrogen-bond donors (Lipinski definition) is 0. The van der Waals surface area contributed by atoms with Gasteiger partial charge in [-0.15, -0.1) is 0 Å². The van der Waals surface area contributed by atoms with Gasteiger partial charge < -0.3 is 0 Å². The van der Waals surface area contributed by atoms with E-state index in [-0.39, 0.29) is 11.1 Å². The molecule has 2 rings (SSSR count). The molecular weight excluding hydrogens is 437 g/mol. The predicted molar refractivity (Wildman–Crippen MR) is 90.3 cm³/mol. The molecule has 0 spiro atoms. The van der Waals surface area contributed by atoms with Crippen LogP contribution >= 0.6 is 0 Å². The third-order valence-electron chi connectivity index (χ3n) is 3.79. The van der Waals surface area contributed by atoms with Gasteiger partial charge in [0.15, 0.2) is 0 Å². The van der Waals surface area contributed by atoms with E-state index >= 15 is 0 Å². The SMILES string of the molecule is C[CH2][Sn]([CH2]C)([O]C(=O)c1ccc(F)cc1)[O]C(=O)c1ccc(F)cc1. The molecule has 0 N–H and O–H groups in total. The number of benzene rings is 2. The Morgan fingerprint density at radius 1 is 0.760 bits per heavy atom. The second-order valence-electron chi connectivity index (χ2n) is 5.41. The molecular formula is C18H18F2O4Sn. The summed E-state index contributed by atoms with van der Waals surface area (Å²) in [6.07, 6.45) is 0. The molecule has 0 heterocycles. The van der Waals surface area contributed by atoms with Crippen molar-refractivity contribution < 1.29 is 24.5 Å². The molecule has 0 unspecified atom stereocenters. The van der Waals surface area contributed by atoms with E-state index in [2.05, 4.69) is 0 Å². The van der Waals surface area contributed by atoms with Gasteiger partial charge >= 0.3 is 150 Å². The second-order valence-corrected chi connectivity index (χ2v) is 15.8. The van der Waals surface area contributed by atoms with Crippen LogP contribution < -0.4 is 0 Å². The van der Waals surface area contributed by atoms with Gasteiger partial charge in [-0.3, -0.25) is 0 Å². The third kappa shape index (κ3) is 5.01. The van der Waals surface area contributed by atoms with Crippen LogP contribution in [0.4, 0.5) is 8.78 Å². The Balaban J connectivity index is 2.16. The molecule has 4 nitrogen and oxygen atoms in total. The summed E-state index contributed by atoms with van der Waals surface area (Å²) in [5.74, 6) is -2.18. The van der Waals surface area contributed by atoms with Crippen LogP contribution in [0.2, 0.25) is 8.87 Å². The number of halogens is 2. The number of carbonyl (C=O) groups excluding carboxylic acids is 2. The minimum absolute atomic E-state index is 0.196. The molecule has 0 radical (unpaired) electrons. The molecule has 0 amide bonds. The molecule has 0 saturated heterocycles. The Labute approximate surface area is 149 Å². The predicted octanol–water partition coefficient (Wildman–Crippen LogP) is 4.46. The van der Waals surface area contributed by atoms with Crippen LogP contribution in [0.25, 0.3) is 0 Å². The summed E-state index contributed by atoms with van der Waals surface area (Å²) in [6, 6.07) is 9.93. The van der Waals surface area contributed by atoms with E-state index < -0.39 is 42.8 Å². The molecule has 25 heavy (non-hydrogen) atoms. The van der Waals surface area contributed by atoms with Crippen molar-refractivity contribution in [2.75, 3.05) is 0 Å². The molecule has 0 aliphatic heterocycles. The fourth-order valence-electron chi connectivity index (χ4n) is 2.19. The monoisotopic (exact) mass is 456 g/mol. The van der Waals surface area contributed by atoms with Crippen molar-refractivity contribution in [3.8, 4) is 0 Å². The number of rotatable bonds is 6. The van der Waals surface area contributed by atoms with Crippen LogP contribution in [0.5, 0.6) is 0 Å². The van der Waals surface area contributed by atoms with Crippen LogP contribution in [0.15, 0.2) is 48.5 Å². The fourth-order valence-corrected chi connectivity index (χ4v) is 7.98. The molecule has 0 aromatic heterocycles. The van der Waals surface area contributed by atoms with E-state index in [1.807, 2.05) is 0 Å². The molecule has 7 heteroatoms. The average Bonchev–Trinajstić information content (AvgIpc) is 2.62. The Morgan fingerprint density at radius 3 is 1.36 bits per heavy atom. The molecule has 0 atom stereocenters. The van der Waals surface area contributed by atoms with Gasteiger partial charge in [-0.25, -0.2) is 0 Å². The van der Waals surface area contributed by atoms with Gasteiger partial charge in [-0.05, 0) is 0 Å². The third-order valence-corrected chi connectivity index (χ3v) is 13.1. The van der Waals surface area contributed by atoms with E-state index in [9.17, 15) is 18.4 Å². The van der Waals surface area contributed by atoms with Crippen molar-refractivity contribution in [3.63, 3.8) is 0 Å². The molecule has 0 aliphatic carbocycles. The van der Waals surface area contributed by atoms with Gasteiger partial charge in [0.1, 0.15) is 0 Å². The zero-order valence-corrected chi connectivity index (χ0v) is 16.8. The quantitative estimate of drug-likeness (QED) is 0.604. The second kappa shape index (κ2) is 8.42. The number of hydrogen-bond acceptors (Lipinski definition) is 4. The van der Waals surface area contributed by atoms with Crippen molar-refractivity contribution in [3.05, 3.63) is 71.3 Å². The topological polar surface area (TPSA) is 52.6 Å². The molecule has 2 aromatic rings. The first-order chi connectivity index (χ1) is 11.9. The fraction of sp³-hybridized carbons (Fsp3) is 0.222. The van der Waals surface area contributed by atoms with E-state index in [4.69, 9.17) is 6.15 Å². The van der Waals surface area contributed by atoms with Crippen molar-refractivity contribution >= 4 is 31.1 Å². The van der Waals surface area contributed by atoms with Crippen LogP contribution in [-0.4, -0.2) is 31.1 Å². The first-order valence-corrected chi connectivity index (χ1v) is 14.2. The summed E-state index contributed by atoms with van der Waals surface area (Å²) in [5.41, 5.74) is 0.393. The van der Waals surface area contributed by atoms with Gasteiger partial charge in [0.25, 0.3) is 0 Å². The maximum absolute atomic E-state index is 13.0. The van der Waals surface area contributed by atoms with E-state index in [0.717, 1.165) is 24.3 Å². The van der Waals surface area contributed by atoms with Crippen LogP contribution in [0.1, 0.15) is 34.6 Å². The van der Waals surface area contributed by atoms with Gasteiger partial charge in [0, 0.05) is 0 Å². The van der Waals surface area contributed by atoms with Crippen LogP contribution in [0, 0.1) is 11.6 Å². The Morgan fingerprint density at radius 2 is 1.08 bits per heavy atom. The van der Waals surface area contributed by atoms with Crippen molar-refractivity contribution in [1.82, 2.24) is 0 Å². The Kier molecular flexibility index (Phi) is 6.52. The van der Waals surface area contributed by atoms with E-state index in [1.165, 1.54) is 24.3 Å². The first-order valence-electron chi connectivity index (χ1n) is 7.87. The zero-order valence-electron chi connectivity index (χ0n) is 13.9. The molecule has 0 fully saturated rings. The molecule has 132 valence electrons. The summed E-state index contributed by atoms with van der Waals surface area (Å²) in [6.45, 7) is 3.60. The number of carbonyl (C=O) groups is 2. The summed E-state index contributed by atoms with van der Waals surface area (Å²) >= 11 is -4.01. The molecule has 2 aromatic carbocycles. The van der Waals surface area contributed by atoms with Crippen LogP contribution in [0.3, 0.4) is 0 Å². The van der Waals surface area contributed by atoms with Crippen molar-refractivity contribution in [2.24, 2.45) is 0 Å². The van der Waals surface area contributed by atoms with Gasteiger partial charge in [-0.2, -0.15) is 0 Å². The summed E-state index contributed by atoms with van der Waals surface area (Å²) < 4.78 is 38.0. The summed E-state index contributed by atoms with van der Waals surface area (Å²) in [5, 5.41) is 0. The first kappa shape index (κ1) is 19.4. The maximum atomic E-state index is 13.0. The van der Waals surface area contributed by atoms with Gasteiger partial charge in [0.05, 0.1) is 0 Å². The minimum atomic E-state index is -4.01. The average molecular weight is 455 g/mol. The summed E-state index contributed by atoms with van der Waals surface area (Å²) in [4.78, 5) is 24.6. The molecule has 0 bridgehead atoms. The van der Waals surface area contributed by atoms with Crippen molar-refractivity contribution in [2.45, 2.75) is 22.7 Å². The molecule has 0 saturated carbocycles. The summed E-state index contributed by atoms with van der Waals surface area (Å²) in [7, 11) is 0. The Bertz CT molecular complexity index is 679. The Hall–Kier alpha value is -1.96. The normalized spacial score (nSPS) is 11.0. The van der Waals surface area contributed by atoms with Gasteiger partial charge in [-0.1, -0.05) is 0 Å². The standard InChI is InChI=1S/2C7H5FO2.2C2H5.Sn/c2*8-6-3-1-5(2-4-6)7(9)10;2*1-2;/h2*1-4H,(H,9,10);2*1H2,2H3;/q;;;;+2/p-2. The van der Waals surface area contributed by atoms with Gasteiger partial charge in [0.2, 0.25) is 0 Å². The molecule has 0 aliphatic rings. The van der Waals surface area contributed by atoms with Crippen LogP contribution in [-0.2, 0) is 6.15 Å². The zero-order chi connectivity index (χ0) is 18.4. The van der Waals surface area contributed by atoms with Crippen molar-refractivity contribution in [1.29, 1.82) is 0 Å².